The van der Waals surface area contributed by atoms with E-state index < -0.39 is 10.0 Å². The van der Waals surface area contributed by atoms with E-state index in [1.165, 1.54) is 22.1 Å². The Bertz CT molecular complexity index is 1020. The van der Waals surface area contributed by atoms with Gasteiger partial charge in [-0.25, -0.2) is 13.4 Å². The molecular weight excluding hydrogens is 448 g/mol. The van der Waals surface area contributed by atoms with E-state index >= 15 is 0 Å². The van der Waals surface area contributed by atoms with Crippen LogP contribution in [0.1, 0.15) is 31.2 Å². The monoisotopic (exact) mass is 476 g/mol. The van der Waals surface area contributed by atoms with Crippen LogP contribution in [0.25, 0.3) is 0 Å². The predicted octanol–water partition coefficient (Wildman–Crippen LogP) is 2.92. The molecule has 2 aromatic rings. The lowest BCUT2D eigenvalue weighted by Crippen LogP contribution is -2.48. The maximum atomic E-state index is 12.9. The van der Waals surface area contributed by atoms with Crippen molar-refractivity contribution in [3.8, 4) is 0 Å². The summed E-state index contributed by atoms with van der Waals surface area (Å²) >= 11 is 5.99. The molecule has 1 aromatic carbocycles. The van der Waals surface area contributed by atoms with E-state index in [1.54, 1.807) is 6.07 Å². The predicted molar refractivity (Wildman–Crippen MR) is 124 cm³/mol. The van der Waals surface area contributed by atoms with Crippen molar-refractivity contribution in [3.05, 3.63) is 59.4 Å². The standard InChI is InChI=1S/C23H29ClN4O3S/c24-22-21(7-4-12-25-22)32(30,31)28-15-8-19(9-16-28)23(29)26-20-10-13-27(14-11-20)17-18-5-2-1-3-6-18/h1-7,12,19-20H,8-11,13-17H2,(H,26,29). The van der Waals surface area contributed by atoms with Crippen molar-refractivity contribution in [1.82, 2.24) is 19.5 Å². The zero-order valence-corrected chi connectivity index (χ0v) is 19.6. The first-order valence-electron chi connectivity index (χ1n) is 11.1. The topological polar surface area (TPSA) is 82.6 Å². The van der Waals surface area contributed by atoms with Crippen LogP contribution >= 0.6 is 11.6 Å². The van der Waals surface area contributed by atoms with Gasteiger partial charge < -0.3 is 5.32 Å². The molecule has 4 rings (SSSR count). The lowest BCUT2D eigenvalue weighted by Gasteiger charge is -2.34. The van der Waals surface area contributed by atoms with Crippen LogP contribution in [0, 0.1) is 5.92 Å². The van der Waals surface area contributed by atoms with Crippen LogP contribution in [0.15, 0.2) is 53.6 Å². The third kappa shape index (κ3) is 5.49. The van der Waals surface area contributed by atoms with Crippen LogP contribution in [0.3, 0.4) is 0 Å². The summed E-state index contributed by atoms with van der Waals surface area (Å²) in [6.07, 6.45) is 4.35. The van der Waals surface area contributed by atoms with Crippen LogP contribution in [0.2, 0.25) is 5.15 Å². The normalized spacial score (nSPS) is 19.7. The molecule has 1 amide bonds. The number of pyridine rings is 1. The number of rotatable bonds is 6. The molecule has 0 aliphatic carbocycles. The molecule has 32 heavy (non-hydrogen) atoms. The van der Waals surface area contributed by atoms with E-state index in [0.717, 1.165) is 32.5 Å². The molecule has 7 nitrogen and oxygen atoms in total. The molecule has 0 atom stereocenters. The fourth-order valence-electron chi connectivity index (χ4n) is 4.46. The minimum absolute atomic E-state index is 0.0202. The van der Waals surface area contributed by atoms with Gasteiger partial charge >= 0.3 is 0 Å². The fourth-order valence-corrected chi connectivity index (χ4v) is 6.35. The van der Waals surface area contributed by atoms with Crippen LogP contribution < -0.4 is 5.32 Å². The van der Waals surface area contributed by atoms with Gasteiger partial charge in [-0.15, -0.1) is 0 Å². The summed E-state index contributed by atoms with van der Waals surface area (Å²) < 4.78 is 27.1. The number of hydrogen-bond donors (Lipinski definition) is 1. The van der Waals surface area contributed by atoms with Crippen LogP contribution in [0.5, 0.6) is 0 Å². The van der Waals surface area contributed by atoms with Gasteiger partial charge in [0.25, 0.3) is 0 Å². The van der Waals surface area contributed by atoms with Gasteiger partial charge in [0.15, 0.2) is 0 Å². The number of nitrogens with zero attached hydrogens (tertiary/aromatic N) is 3. The summed E-state index contributed by atoms with van der Waals surface area (Å²) in [7, 11) is -3.70. The van der Waals surface area contributed by atoms with Gasteiger partial charge in [-0.1, -0.05) is 41.9 Å². The van der Waals surface area contributed by atoms with Crippen molar-refractivity contribution in [1.29, 1.82) is 0 Å². The Balaban J connectivity index is 1.23. The Labute approximate surface area is 194 Å². The van der Waals surface area contributed by atoms with Gasteiger partial charge in [0.05, 0.1) is 0 Å². The van der Waals surface area contributed by atoms with Crippen molar-refractivity contribution < 1.29 is 13.2 Å². The molecule has 9 heteroatoms. The van der Waals surface area contributed by atoms with Gasteiger partial charge in [-0.2, -0.15) is 4.31 Å². The number of aromatic nitrogens is 1. The van der Waals surface area contributed by atoms with E-state index in [-0.39, 0.29) is 27.9 Å². The second-order valence-corrected chi connectivity index (χ2v) is 10.8. The van der Waals surface area contributed by atoms with Crippen molar-refractivity contribution in [3.63, 3.8) is 0 Å². The Morgan fingerprint density at radius 3 is 2.34 bits per heavy atom. The van der Waals surface area contributed by atoms with E-state index in [0.29, 0.717) is 25.9 Å². The Hall–Kier alpha value is -2.00. The van der Waals surface area contributed by atoms with Crippen molar-refractivity contribution in [2.75, 3.05) is 26.2 Å². The maximum absolute atomic E-state index is 12.9. The second kappa shape index (κ2) is 10.3. The summed E-state index contributed by atoms with van der Waals surface area (Å²) in [5.74, 6) is -0.115. The molecule has 1 N–H and O–H groups in total. The number of benzene rings is 1. The quantitative estimate of drug-likeness (QED) is 0.648. The lowest BCUT2D eigenvalue weighted by atomic mass is 9.95. The molecule has 0 bridgehead atoms. The smallest absolute Gasteiger partial charge is 0.246 e. The van der Waals surface area contributed by atoms with Gasteiger partial charge in [0.2, 0.25) is 15.9 Å². The number of carbonyl (C=O) groups is 1. The zero-order valence-electron chi connectivity index (χ0n) is 18.0. The number of hydrogen-bond acceptors (Lipinski definition) is 5. The first-order valence-corrected chi connectivity index (χ1v) is 12.9. The molecule has 2 fully saturated rings. The summed E-state index contributed by atoms with van der Waals surface area (Å²) in [6, 6.07) is 13.6. The largest absolute Gasteiger partial charge is 0.353 e. The van der Waals surface area contributed by atoms with E-state index in [9.17, 15) is 13.2 Å². The highest BCUT2D eigenvalue weighted by molar-refractivity contribution is 7.89. The molecular formula is C23H29ClN4O3S. The SMILES string of the molecule is O=C(NC1CCN(Cc2ccccc2)CC1)C1CCN(S(=O)(=O)c2cccnc2Cl)CC1. The highest BCUT2D eigenvalue weighted by atomic mass is 35.5. The van der Waals surface area contributed by atoms with Crippen molar-refractivity contribution in [2.45, 2.75) is 43.2 Å². The fraction of sp³-hybridized carbons (Fsp3) is 0.478. The first-order chi connectivity index (χ1) is 15.4. The summed E-state index contributed by atoms with van der Waals surface area (Å²) in [6.45, 7) is 3.47. The van der Waals surface area contributed by atoms with Crippen LogP contribution in [-0.4, -0.2) is 60.7 Å². The average molecular weight is 477 g/mol. The Morgan fingerprint density at radius 1 is 1.00 bits per heavy atom. The van der Waals surface area contributed by atoms with Gasteiger partial charge in [-0.3, -0.25) is 9.69 Å². The summed E-state index contributed by atoms with van der Waals surface area (Å²) in [5.41, 5.74) is 1.31. The van der Waals surface area contributed by atoms with Gasteiger partial charge in [-0.05, 0) is 43.4 Å². The molecule has 3 heterocycles. The molecule has 0 spiro atoms. The first kappa shape index (κ1) is 23.2. The maximum Gasteiger partial charge on any atom is 0.246 e. The number of piperidine rings is 2. The number of sulfonamides is 1. The average Bonchev–Trinajstić information content (AvgIpc) is 2.81. The number of amides is 1. The molecule has 2 saturated heterocycles. The number of likely N-dealkylation sites (tertiary alicyclic amines) is 1. The third-order valence-electron chi connectivity index (χ3n) is 6.35. The van der Waals surface area contributed by atoms with E-state index in [2.05, 4.69) is 39.5 Å². The van der Waals surface area contributed by atoms with E-state index in [1.807, 2.05) is 6.07 Å². The highest BCUT2D eigenvalue weighted by Gasteiger charge is 2.34. The molecule has 0 saturated carbocycles. The third-order valence-corrected chi connectivity index (χ3v) is 8.69. The molecule has 2 aliphatic rings. The molecule has 172 valence electrons. The van der Waals surface area contributed by atoms with Crippen molar-refractivity contribution in [2.24, 2.45) is 5.92 Å². The highest BCUT2D eigenvalue weighted by Crippen LogP contribution is 2.27. The Morgan fingerprint density at radius 2 is 1.69 bits per heavy atom. The minimum atomic E-state index is -3.70. The van der Waals surface area contributed by atoms with Crippen LogP contribution in [0.4, 0.5) is 0 Å². The number of nitrogens with one attached hydrogen (secondary N) is 1. The lowest BCUT2D eigenvalue weighted by molar-refractivity contribution is -0.127. The van der Waals surface area contributed by atoms with Crippen LogP contribution in [-0.2, 0) is 21.4 Å². The second-order valence-electron chi connectivity index (χ2n) is 8.52. The summed E-state index contributed by atoms with van der Waals surface area (Å²) in [5, 5.41) is 3.18. The molecule has 0 unspecified atom stereocenters. The number of carbonyl (C=O) groups excluding carboxylic acids is 1. The zero-order chi connectivity index (χ0) is 22.6. The van der Waals surface area contributed by atoms with Gasteiger partial charge in [0, 0.05) is 50.9 Å². The van der Waals surface area contributed by atoms with E-state index in [4.69, 9.17) is 11.6 Å². The molecule has 2 aliphatic heterocycles. The molecule has 1 aromatic heterocycles. The van der Waals surface area contributed by atoms with Gasteiger partial charge in [0.1, 0.15) is 10.0 Å². The minimum Gasteiger partial charge on any atom is -0.353 e. The Kier molecular flexibility index (Phi) is 7.45. The summed E-state index contributed by atoms with van der Waals surface area (Å²) in [4.78, 5) is 19.1. The number of halogens is 1. The van der Waals surface area contributed by atoms with Crippen molar-refractivity contribution >= 4 is 27.5 Å². The molecule has 0 radical (unpaired) electrons.